The van der Waals surface area contributed by atoms with Gasteiger partial charge in [0.05, 0.1) is 10.6 Å². The third kappa shape index (κ3) is 3.58. The minimum atomic E-state index is -0.478. The Labute approximate surface area is 122 Å². The summed E-state index contributed by atoms with van der Waals surface area (Å²) in [4.78, 5) is 0. The minimum absolute atomic E-state index is 0.478. The van der Waals surface area contributed by atoms with Crippen LogP contribution in [0.15, 0.2) is 46.9 Å². The van der Waals surface area contributed by atoms with Gasteiger partial charge in [-0.3, -0.25) is 0 Å². The molecule has 1 N–H and O–H groups in total. The molecule has 0 heterocycles. The van der Waals surface area contributed by atoms with Crippen molar-refractivity contribution in [1.82, 2.24) is 0 Å². The molecule has 0 fully saturated rings. The molecule has 0 unspecified atom stereocenters. The Balaban J connectivity index is 2.23. The minimum Gasteiger partial charge on any atom is -0.456 e. The Kier molecular flexibility index (Phi) is 4.61. The molecule has 0 aliphatic rings. The van der Waals surface area contributed by atoms with Crippen LogP contribution in [0.25, 0.3) is 0 Å². The van der Waals surface area contributed by atoms with Gasteiger partial charge in [-0.05, 0) is 64.7 Å². The second kappa shape index (κ2) is 6.22. The van der Waals surface area contributed by atoms with Gasteiger partial charge in [0.15, 0.2) is 0 Å². The molecule has 0 spiro atoms. The number of ether oxygens (including phenoxy) is 1. The van der Waals surface area contributed by atoms with Gasteiger partial charge >= 0.3 is 0 Å². The summed E-state index contributed by atoms with van der Waals surface area (Å²) >= 11 is 3.47. The highest BCUT2D eigenvalue weighted by atomic mass is 79.9. The molecule has 0 aliphatic heterocycles. The predicted molar refractivity (Wildman–Crippen MR) is 80.7 cm³/mol. The van der Waals surface area contributed by atoms with Crippen molar-refractivity contribution < 1.29 is 9.84 Å². The average molecular weight is 321 g/mol. The van der Waals surface area contributed by atoms with Crippen LogP contribution in [0.3, 0.4) is 0 Å². The van der Waals surface area contributed by atoms with Crippen molar-refractivity contribution in [3.8, 4) is 11.5 Å². The van der Waals surface area contributed by atoms with Crippen LogP contribution in [0.2, 0.25) is 0 Å². The van der Waals surface area contributed by atoms with E-state index >= 15 is 0 Å². The molecule has 2 rings (SSSR count). The molecule has 2 aromatic carbocycles. The van der Waals surface area contributed by atoms with Crippen molar-refractivity contribution in [2.75, 3.05) is 0 Å². The van der Waals surface area contributed by atoms with Crippen LogP contribution in [-0.2, 0) is 6.42 Å². The number of halogens is 1. The first kappa shape index (κ1) is 14.1. The fraction of sp³-hybridized carbons (Fsp3) is 0.250. The van der Waals surface area contributed by atoms with Crippen LogP contribution in [0.4, 0.5) is 0 Å². The predicted octanol–water partition coefficient (Wildman–Crippen LogP) is 4.86. The highest BCUT2D eigenvalue weighted by Crippen LogP contribution is 2.32. The van der Waals surface area contributed by atoms with E-state index in [4.69, 9.17) is 4.74 Å². The second-order valence-corrected chi connectivity index (χ2v) is 5.32. The summed E-state index contributed by atoms with van der Waals surface area (Å²) < 4.78 is 6.70. The van der Waals surface area contributed by atoms with Crippen molar-refractivity contribution in [3.05, 3.63) is 58.1 Å². The van der Waals surface area contributed by atoms with E-state index in [0.717, 1.165) is 28.0 Å². The Morgan fingerprint density at radius 1 is 1.21 bits per heavy atom. The number of hydrogen-bond acceptors (Lipinski definition) is 2. The third-order valence-electron chi connectivity index (χ3n) is 2.97. The zero-order chi connectivity index (χ0) is 13.8. The lowest BCUT2D eigenvalue weighted by Crippen LogP contribution is -1.92. The molecular weight excluding hydrogens is 304 g/mol. The first-order chi connectivity index (χ1) is 9.10. The zero-order valence-electron chi connectivity index (χ0n) is 11.1. The standard InChI is InChI=1S/C16H17BrO2/c1-3-12-5-4-6-14(9-12)19-16-8-7-13(11(2)18)10-15(16)17/h4-11,18H,3H2,1-2H3/t11-/m1/s1. The highest BCUT2D eigenvalue weighted by Gasteiger charge is 2.07. The van der Waals surface area contributed by atoms with Gasteiger partial charge in [-0.15, -0.1) is 0 Å². The van der Waals surface area contributed by atoms with Gasteiger partial charge in [-0.1, -0.05) is 25.1 Å². The van der Waals surface area contributed by atoms with Crippen LogP contribution < -0.4 is 4.74 Å². The van der Waals surface area contributed by atoms with Gasteiger partial charge < -0.3 is 9.84 Å². The number of hydrogen-bond donors (Lipinski definition) is 1. The number of rotatable bonds is 4. The zero-order valence-corrected chi connectivity index (χ0v) is 12.6. The fourth-order valence-electron chi connectivity index (χ4n) is 1.82. The van der Waals surface area contributed by atoms with Gasteiger partial charge in [-0.25, -0.2) is 0 Å². The largest absolute Gasteiger partial charge is 0.456 e. The first-order valence-corrected chi connectivity index (χ1v) is 7.13. The highest BCUT2D eigenvalue weighted by molar-refractivity contribution is 9.10. The normalized spacial score (nSPS) is 12.2. The van der Waals surface area contributed by atoms with Crippen molar-refractivity contribution in [2.24, 2.45) is 0 Å². The van der Waals surface area contributed by atoms with E-state index in [1.54, 1.807) is 6.92 Å². The molecule has 0 saturated carbocycles. The van der Waals surface area contributed by atoms with E-state index in [1.807, 2.05) is 36.4 Å². The van der Waals surface area contributed by atoms with E-state index in [-0.39, 0.29) is 0 Å². The van der Waals surface area contributed by atoms with E-state index in [0.29, 0.717) is 0 Å². The Morgan fingerprint density at radius 2 is 2.00 bits per heavy atom. The van der Waals surface area contributed by atoms with Crippen molar-refractivity contribution in [3.63, 3.8) is 0 Å². The maximum atomic E-state index is 9.54. The number of aryl methyl sites for hydroxylation is 1. The smallest absolute Gasteiger partial charge is 0.141 e. The number of aliphatic hydroxyl groups excluding tert-OH is 1. The first-order valence-electron chi connectivity index (χ1n) is 6.34. The summed E-state index contributed by atoms with van der Waals surface area (Å²) in [6, 6.07) is 13.7. The Morgan fingerprint density at radius 3 is 2.63 bits per heavy atom. The van der Waals surface area contributed by atoms with E-state index in [2.05, 4.69) is 28.9 Å². The molecule has 1 atom stereocenters. The molecule has 0 aliphatic carbocycles. The van der Waals surface area contributed by atoms with Crippen LogP contribution in [0, 0.1) is 0 Å². The SMILES string of the molecule is CCc1cccc(Oc2ccc([C@@H](C)O)cc2Br)c1. The average Bonchev–Trinajstić information content (AvgIpc) is 2.41. The summed E-state index contributed by atoms with van der Waals surface area (Å²) in [6.07, 6.45) is 0.507. The quantitative estimate of drug-likeness (QED) is 0.871. The molecule has 0 saturated heterocycles. The van der Waals surface area contributed by atoms with Gasteiger partial charge in [0, 0.05) is 0 Å². The van der Waals surface area contributed by atoms with Gasteiger partial charge in [0.25, 0.3) is 0 Å². The van der Waals surface area contributed by atoms with Crippen molar-refractivity contribution in [2.45, 2.75) is 26.4 Å². The van der Waals surface area contributed by atoms with E-state index < -0.39 is 6.10 Å². The summed E-state index contributed by atoms with van der Waals surface area (Å²) in [5.74, 6) is 1.57. The Bertz CT molecular complexity index is 564. The molecule has 0 radical (unpaired) electrons. The Hall–Kier alpha value is -1.32. The monoisotopic (exact) mass is 320 g/mol. The topological polar surface area (TPSA) is 29.5 Å². The fourth-order valence-corrected chi connectivity index (χ4v) is 2.29. The van der Waals surface area contributed by atoms with Crippen molar-refractivity contribution in [1.29, 1.82) is 0 Å². The van der Waals surface area contributed by atoms with Gasteiger partial charge in [-0.2, -0.15) is 0 Å². The molecular formula is C16H17BrO2. The summed E-state index contributed by atoms with van der Waals surface area (Å²) in [6.45, 7) is 3.86. The maximum Gasteiger partial charge on any atom is 0.141 e. The lowest BCUT2D eigenvalue weighted by Gasteiger charge is -2.11. The molecule has 0 bridgehead atoms. The molecule has 100 valence electrons. The summed E-state index contributed by atoms with van der Waals surface area (Å²) in [5, 5.41) is 9.54. The second-order valence-electron chi connectivity index (χ2n) is 4.47. The van der Waals surface area contributed by atoms with Crippen LogP contribution in [0.5, 0.6) is 11.5 Å². The molecule has 2 aromatic rings. The summed E-state index contributed by atoms with van der Waals surface area (Å²) in [7, 11) is 0. The lowest BCUT2D eigenvalue weighted by molar-refractivity contribution is 0.199. The van der Waals surface area contributed by atoms with Crippen LogP contribution in [0.1, 0.15) is 31.1 Å². The summed E-state index contributed by atoms with van der Waals surface area (Å²) in [5.41, 5.74) is 2.11. The third-order valence-corrected chi connectivity index (χ3v) is 3.59. The van der Waals surface area contributed by atoms with Gasteiger partial charge in [0.2, 0.25) is 0 Å². The molecule has 19 heavy (non-hydrogen) atoms. The van der Waals surface area contributed by atoms with E-state index in [9.17, 15) is 5.11 Å². The van der Waals surface area contributed by atoms with Crippen LogP contribution >= 0.6 is 15.9 Å². The molecule has 0 aromatic heterocycles. The molecule has 2 nitrogen and oxygen atoms in total. The van der Waals surface area contributed by atoms with Crippen LogP contribution in [-0.4, -0.2) is 5.11 Å². The van der Waals surface area contributed by atoms with E-state index in [1.165, 1.54) is 5.56 Å². The maximum absolute atomic E-state index is 9.54. The molecule has 3 heteroatoms. The van der Waals surface area contributed by atoms with Gasteiger partial charge in [0.1, 0.15) is 11.5 Å². The molecule has 0 amide bonds. The lowest BCUT2D eigenvalue weighted by atomic mass is 10.1. The number of aliphatic hydroxyl groups is 1. The number of benzene rings is 2. The van der Waals surface area contributed by atoms with Crippen molar-refractivity contribution >= 4 is 15.9 Å².